The van der Waals surface area contributed by atoms with Gasteiger partial charge in [-0.25, -0.2) is 13.1 Å². The molecular weight excluding hydrogens is 405 g/mol. The van der Waals surface area contributed by atoms with Crippen molar-refractivity contribution >= 4 is 53.5 Å². The molecule has 18 heavy (non-hydrogen) atoms. The summed E-state index contributed by atoms with van der Waals surface area (Å²) < 4.78 is 27.9. The van der Waals surface area contributed by atoms with Gasteiger partial charge in [0.15, 0.2) is 0 Å². The summed E-state index contributed by atoms with van der Waals surface area (Å²) in [5, 5.41) is 0.223. The third kappa shape index (κ3) is 3.28. The standard InChI is InChI=1S/C11H12Br2ClNO2S/c12-7-4-5-11(9(14)6-7)18(16,17)15-10-3-1-2-8(10)13/h4-6,8,10,15H,1-3H2. The highest BCUT2D eigenvalue weighted by Gasteiger charge is 2.30. The van der Waals surface area contributed by atoms with Crippen LogP contribution in [-0.2, 0) is 10.0 Å². The Balaban J connectivity index is 2.25. The second-order valence-corrected chi connectivity index (χ2v) is 8.43. The van der Waals surface area contributed by atoms with E-state index in [-0.39, 0.29) is 20.8 Å². The van der Waals surface area contributed by atoms with Gasteiger partial charge < -0.3 is 0 Å². The van der Waals surface area contributed by atoms with Crippen molar-refractivity contribution in [1.29, 1.82) is 0 Å². The molecule has 1 aromatic rings. The molecule has 1 aliphatic rings. The minimum Gasteiger partial charge on any atom is -0.207 e. The maximum absolute atomic E-state index is 12.2. The molecule has 0 amide bonds. The molecular formula is C11H12Br2ClNO2S. The predicted molar refractivity (Wildman–Crippen MR) is 79.8 cm³/mol. The zero-order chi connectivity index (χ0) is 13.3. The molecule has 0 spiro atoms. The van der Waals surface area contributed by atoms with Gasteiger partial charge in [-0.3, -0.25) is 0 Å². The average molecular weight is 418 g/mol. The summed E-state index contributed by atoms with van der Waals surface area (Å²) in [6.45, 7) is 0. The molecule has 2 rings (SSSR count). The number of nitrogens with one attached hydrogen (secondary N) is 1. The van der Waals surface area contributed by atoms with Gasteiger partial charge in [-0.05, 0) is 31.0 Å². The average Bonchev–Trinajstić information content (AvgIpc) is 2.63. The lowest BCUT2D eigenvalue weighted by molar-refractivity contribution is 0.556. The minimum absolute atomic E-state index is 0.0605. The number of hydrogen-bond donors (Lipinski definition) is 1. The van der Waals surface area contributed by atoms with E-state index < -0.39 is 10.0 Å². The van der Waals surface area contributed by atoms with Crippen LogP contribution in [0.15, 0.2) is 27.6 Å². The van der Waals surface area contributed by atoms with Crippen molar-refractivity contribution in [2.45, 2.75) is 35.0 Å². The predicted octanol–water partition coefficient (Wildman–Crippen LogP) is 3.70. The second kappa shape index (κ2) is 5.79. The van der Waals surface area contributed by atoms with Crippen molar-refractivity contribution in [1.82, 2.24) is 4.72 Å². The van der Waals surface area contributed by atoms with E-state index in [0.29, 0.717) is 0 Å². The van der Waals surface area contributed by atoms with E-state index in [1.807, 2.05) is 0 Å². The molecule has 2 unspecified atom stereocenters. The number of alkyl halides is 1. The fraction of sp³-hybridized carbons (Fsp3) is 0.455. The normalized spacial score (nSPS) is 24.4. The molecule has 1 aliphatic carbocycles. The lowest BCUT2D eigenvalue weighted by Crippen LogP contribution is -2.37. The summed E-state index contributed by atoms with van der Waals surface area (Å²) in [5.41, 5.74) is 0. The molecule has 0 bridgehead atoms. The Hall–Kier alpha value is 0.380. The monoisotopic (exact) mass is 415 g/mol. The molecule has 1 fully saturated rings. The molecule has 0 saturated heterocycles. The third-order valence-corrected chi connectivity index (χ3v) is 6.48. The highest BCUT2D eigenvalue weighted by molar-refractivity contribution is 9.10. The molecule has 1 N–H and O–H groups in total. The van der Waals surface area contributed by atoms with E-state index >= 15 is 0 Å². The van der Waals surface area contributed by atoms with Gasteiger partial charge in [-0.15, -0.1) is 0 Å². The summed E-state index contributed by atoms with van der Waals surface area (Å²) in [7, 11) is -3.56. The first-order valence-electron chi connectivity index (χ1n) is 5.51. The second-order valence-electron chi connectivity index (χ2n) is 4.25. The maximum Gasteiger partial charge on any atom is 0.242 e. The number of rotatable bonds is 3. The van der Waals surface area contributed by atoms with Gasteiger partial charge in [-0.1, -0.05) is 49.9 Å². The molecule has 0 aliphatic heterocycles. The minimum atomic E-state index is -3.56. The Morgan fingerprint density at radius 2 is 2.06 bits per heavy atom. The van der Waals surface area contributed by atoms with Gasteiger partial charge >= 0.3 is 0 Å². The van der Waals surface area contributed by atoms with Crippen molar-refractivity contribution in [3.63, 3.8) is 0 Å². The Morgan fingerprint density at radius 3 is 2.61 bits per heavy atom. The van der Waals surface area contributed by atoms with Crippen LogP contribution in [-0.4, -0.2) is 19.3 Å². The number of sulfonamides is 1. The summed E-state index contributed by atoms with van der Waals surface area (Å²) in [5.74, 6) is 0. The molecule has 100 valence electrons. The van der Waals surface area contributed by atoms with E-state index in [1.54, 1.807) is 12.1 Å². The lowest BCUT2D eigenvalue weighted by Gasteiger charge is -2.16. The number of benzene rings is 1. The van der Waals surface area contributed by atoms with Crippen molar-refractivity contribution in [3.05, 3.63) is 27.7 Å². The van der Waals surface area contributed by atoms with Crippen LogP contribution in [0.1, 0.15) is 19.3 Å². The summed E-state index contributed by atoms with van der Waals surface area (Å²) in [6, 6.07) is 4.69. The van der Waals surface area contributed by atoms with Crippen LogP contribution in [0.2, 0.25) is 5.02 Å². The highest BCUT2D eigenvalue weighted by Crippen LogP contribution is 2.29. The molecule has 0 aromatic heterocycles. The van der Waals surface area contributed by atoms with Gasteiger partial charge in [0.1, 0.15) is 4.90 Å². The number of halogens is 3. The fourth-order valence-electron chi connectivity index (χ4n) is 2.00. The summed E-state index contributed by atoms with van der Waals surface area (Å²) in [6.07, 6.45) is 2.86. The Morgan fingerprint density at radius 1 is 1.33 bits per heavy atom. The molecule has 2 atom stereocenters. The quantitative estimate of drug-likeness (QED) is 0.763. The molecule has 1 aromatic carbocycles. The number of hydrogen-bond acceptors (Lipinski definition) is 2. The summed E-state index contributed by atoms with van der Waals surface area (Å²) in [4.78, 5) is 0.320. The van der Waals surface area contributed by atoms with Crippen molar-refractivity contribution in [2.24, 2.45) is 0 Å². The van der Waals surface area contributed by atoms with Crippen LogP contribution in [0.4, 0.5) is 0 Å². The zero-order valence-corrected chi connectivity index (χ0v) is 14.1. The van der Waals surface area contributed by atoms with Crippen molar-refractivity contribution in [2.75, 3.05) is 0 Å². The van der Waals surface area contributed by atoms with E-state index in [4.69, 9.17) is 11.6 Å². The van der Waals surface area contributed by atoms with E-state index in [0.717, 1.165) is 23.7 Å². The van der Waals surface area contributed by atoms with E-state index in [2.05, 4.69) is 36.6 Å². The first-order valence-corrected chi connectivity index (χ1v) is 9.08. The molecule has 1 saturated carbocycles. The molecule has 7 heteroatoms. The SMILES string of the molecule is O=S(=O)(NC1CCCC1Br)c1ccc(Br)cc1Cl. The third-order valence-electron chi connectivity index (χ3n) is 2.92. The van der Waals surface area contributed by atoms with E-state index in [1.165, 1.54) is 6.07 Å². The first-order chi connectivity index (χ1) is 8.40. The van der Waals surface area contributed by atoms with Gasteiger partial charge in [-0.2, -0.15) is 0 Å². The fourth-order valence-corrected chi connectivity index (χ4v) is 5.25. The molecule has 0 radical (unpaired) electrons. The topological polar surface area (TPSA) is 46.2 Å². The van der Waals surface area contributed by atoms with Crippen LogP contribution in [0.5, 0.6) is 0 Å². The van der Waals surface area contributed by atoms with E-state index in [9.17, 15) is 8.42 Å². The Kier molecular flexibility index (Phi) is 4.75. The van der Waals surface area contributed by atoms with Crippen LogP contribution >= 0.6 is 43.5 Å². The Labute approximate surface area is 129 Å². The smallest absolute Gasteiger partial charge is 0.207 e. The van der Waals surface area contributed by atoms with Crippen LogP contribution in [0, 0.1) is 0 Å². The van der Waals surface area contributed by atoms with Gasteiger partial charge in [0.2, 0.25) is 10.0 Å². The van der Waals surface area contributed by atoms with Gasteiger partial charge in [0.25, 0.3) is 0 Å². The summed E-state index contributed by atoms with van der Waals surface area (Å²) >= 11 is 12.7. The van der Waals surface area contributed by atoms with Gasteiger partial charge in [0, 0.05) is 15.3 Å². The molecule has 3 nitrogen and oxygen atoms in total. The lowest BCUT2D eigenvalue weighted by atomic mass is 10.3. The van der Waals surface area contributed by atoms with Crippen LogP contribution in [0.3, 0.4) is 0 Å². The highest BCUT2D eigenvalue weighted by atomic mass is 79.9. The molecule has 0 heterocycles. The van der Waals surface area contributed by atoms with Crippen molar-refractivity contribution < 1.29 is 8.42 Å². The maximum atomic E-state index is 12.2. The largest absolute Gasteiger partial charge is 0.242 e. The Bertz CT molecular complexity index is 550. The van der Waals surface area contributed by atoms with Crippen LogP contribution in [0.25, 0.3) is 0 Å². The zero-order valence-electron chi connectivity index (χ0n) is 9.37. The first kappa shape index (κ1) is 14.8. The van der Waals surface area contributed by atoms with Crippen molar-refractivity contribution in [3.8, 4) is 0 Å². The van der Waals surface area contributed by atoms with Crippen LogP contribution < -0.4 is 4.72 Å². The van der Waals surface area contributed by atoms with Gasteiger partial charge in [0.05, 0.1) is 5.02 Å².